The summed E-state index contributed by atoms with van der Waals surface area (Å²) in [7, 11) is 5.00. The van der Waals surface area contributed by atoms with E-state index in [1.54, 1.807) is 37.2 Å². The van der Waals surface area contributed by atoms with Crippen molar-refractivity contribution in [2.45, 2.75) is 117 Å². The standard InChI is InChI=1S/C49H66N10O7S/c1-10-58-39-16-15-30-21-33(39)34(43(58)32-13-11-18-50-41(32)29(4)65-9)23-49(5,6)27-66-47(63)35-14-12-19-59(54-35)46(62)36(22-40-52-38(30)26-67-40)53-44(60)42(28(2)3)56(8)48(64)55(7)31-17-20-57(25-31)45(61)37-24-51-37/h11,13,15-16,18,21,26,28-29,31,35-37,42,51,54H,10,12,14,17,19-20,22-25,27H2,1-9H3,(H,53,60)/t29-,31-,35-,36-,37+,42?/m0/s1. The number of hydrazine groups is 1. The zero-order valence-electron chi connectivity index (χ0n) is 40.3. The molecule has 67 heavy (non-hydrogen) atoms. The smallest absolute Gasteiger partial charge is 0.324 e. The Bertz CT molecular complexity index is 2520. The van der Waals surface area contributed by atoms with Crippen LogP contribution >= 0.6 is 11.3 Å². The summed E-state index contributed by atoms with van der Waals surface area (Å²) in [6, 6.07) is 6.91. The number of urea groups is 1. The van der Waals surface area contributed by atoms with Crippen molar-refractivity contribution < 1.29 is 33.4 Å². The maximum absolute atomic E-state index is 14.7. The van der Waals surface area contributed by atoms with Gasteiger partial charge in [0.05, 0.1) is 46.9 Å². The minimum atomic E-state index is -1.09. The van der Waals surface area contributed by atoms with Crippen LogP contribution in [0.4, 0.5) is 4.79 Å². The first-order chi connectivity index (χ1) is 32.0. The van der Waals surface area contributed by atoms with Gasteiger partial charge in [0.25, 0.3) is 5.91 Å². The Morgan fingerprint density at radius 1 is 1.10 bits per heavy atom. The number of nitrogens with zero attached hydrogens (tertiary/aromatic N) is 7. The van der Waals surface area contributed by atoms with Crippen molar-refractivity contribution in [2.75, 3.05) is 54.0 Å². The topological polar surface area (TPSA) is 193 Å². The summed E-state index contributed by atoms with van der Waals surface area (Å²) < 4.78 is 14.2. The molecule has 3 N–H and O–H groups in total. The number of ether oxygens (including phenoxy) is 2. The van der Waals surface area contributed by atoms with Gasteiger partial charge in [-0.3, -0.25) is 29.2 Å². The molecule has 0 saturated carbocycles. The fraction of sp³-hybridized carbons (Fsp3) is 0.571. The summed E-state index contributed by atoms with van der Waals surface area (Å²) in [4.78, 5) is 84.7. The molecule has 3 saturated heterocycles. The molecule has 6 bridgehead atoms. The van der Waals surface area contributed by atoms with Gasteiger partial charge in [0.15, 0.2) is 0 Å². The third kappa shape index (κ3) is 9.94. The number of thiazole rings is 1. The van der Waals surface area contributed by atoms with Gasteiger partial charge in [-0.15, -0.1) is 11.3 Å². The van der Waals surface area contributed by atoms with Gasteiger partial charge in [0.2, 0.25) is 11.8 Å². The van der Waals surface area contributed by atoms with E-state index in [2.05, 4.69) is 65.7 Å². The number of likely N-dealkylation sites (N-methyl/N-ethyl adjacent to an activating group) is 2. The van der Waals surface area contributed by atoms with E-state index >= 15 is 0 Å². The Morgan fingerprint density at radius 2 is 1.88 bits per heavy atom. The first-order valence-electron chi connectivity index (χ1n) is 23.6. The molecule has 4 aliphatic heterocycles. The third-order valence-electron chi connectivity index (χ3n) is 13.8. The van der Waals surface area contributed by atoms with Crippen LogP contribution in [0.15, 0.2) is 41.9 Å². The summed E-state index contributed by atoms with van der Waals surface area (Å²) in [5, 5.41) is 11.2. The predicted molar refractivity (Wildman–Crippen MR) is 256 cm³/mol. The molecule has 360 valence electrons. The molecular weight excluding hydrogens is 873 g/mol. The molecule has 5 amide bonds. The van der Waals surface area contributed by atoms with E-state index in [0.29, 0.717) is 63.4 Å². The van der Waals surface area contributed by atoms with E-state index in [0.717, 1.165) is 44.7 Å². The highest BCUT2D eigenvalue weighted by Crippen LogP contribution is 2.42. The number of hydrogen-bond acceptors (Lipinski definition) is 12. The third-order valence-corrected chi connectivity index (χ3v) is 14.7. The highest BCUT2D eigenvalue weighted by molar-refractivity contribution is 7.10. The molecule has 4 aliphatic rings. The number of cyclic esters (lactones) is 1. The first-order valence-corrected chi connectivity index (χ1v) is 24.5. The number of pyridine rings is 1. The second kappa shape index (κ2) is 19.7. The van der Waals surface area contributed by atoms with E-state index in [9.17, 15) is 24.0 Å². The maximum Gasteiger partial charge on any atom is 0.324 e. The highest BCUT2D eigenvalue weighted by Gasteiger charge is 2.42. The van der Waals surface area contributed by atoms with Crippen LogP contribution in [0.3, 0.4) is 0 Å². The van der Waals surface area contributed by atoms with Gasteiger partial charge in [0, 0.05) is 99.4 Å². The fourth-order valence-electron chi connectivity index (χ4n) is 9.98. The van der Waals surface area contributed by atoms with E-state index in [1.165, 1.54) is 21.2 Å². The number of likely N-dealkylation sites (tertiary alicyclic amines) is 1. The van der Waals surface area contributed by atoms with E-state index in [-0.39, 0.29) is 49.1 Å². The van der Waals surface area contributed by atoms with Crippen LogP contribution in [-0.2, 0) is 48.0 Å². The van der Waals surface area contributed by atoms with Crippen LogP contribution in [0.5, 0.6) is 0 Å². The van der Waals surface area contributed by atoms with Crippen molar-refractivity contribution >= 4 is 52.0 Å². The van der Waals surface area contributed by atoms with Crippen molar-refractivity contribution in [1.29, 1.82) is 0 Å². The number of carbonyl (C=O) groups excluding carboxylic acids is 5. The van der Waals surface area contributed by atoms with Crippen LogP contribution in [0, 0.1) is 11.3 Å². The monoisotopic (exact) mass is 938 g/mol. The van der Waals surface area contributed by atoms with Crippen molar-refractivity contribution in [2.24, 2.45) is 11.3 Å². The summed E-state index contributed by atoms with van der Waals surface area (Å²) in [6.45, 7) is 14.9. The Kier molecular flexibility index (Phi) is 14.1. The fourth-order valence-corrected chi connectivity index (χ4v) is 10.8. The molecule has 0 spiro atoms. The molecule has 1 aromatic carbocycles. The predicted octanol–water partition coefficient (Wildman–Crippen LogP) is 4.78. The molecule has 8 rings (SSSR count). The van der Waals surface area contributed by atoms with E-state index < -0.39 is 41.3 Å². The van der Waals surface area contributed by atoms with Crippen LogP contribution in [0.25, 0.3) is 33.4 Å². The molecule has 7 heterocycles. The Hall–Kier alpha value is -5.43. The molecular formula is C49H66N10O7S. The largest absolute Gasteiger partial charge is 0.464 e. The van der Waals surface area contributed by atoms with Gasteiger partial charge < -0.3 is 39.4 Å². The molecule has 3 fully saturated rings. The highest BCUT2D eigenvalue weighted by atomic mass is 32.1. The summed E-state index contributed by atoms with van der Waals surface area (Å²) in [5.74, 6) is -1.64. The van der Waals surface area contributed by atoms with Gasteiger partial charge in [-0.1, -0.05) is 33.8 Å². The number of amides is 5. The van der Waals surface area contributed by atoms with Gasteiger partial charge in [-0.2, -0.15) is 0 Å². The maximum atomic E-state index is 14.7. The lowest BCUT2D eigenvalue weighted by atomic mass is 9.84. The molecule has 0 aliphatic carbocycles. The average molecular weight is 939 g/mol. The second-order valence-electron chi connectivity index (χ2n) is 19.7. The van der Waals surface area contributed by atoms with Gasteiger partial charge in [-0.25, -0.2) is 15.2 Å². The zero-order valence-corrected chi connectivity index (χ0v) is 41.1. The molecule has 0 radical (unpaired) electrons. The summed E-state index contributed by atoms with van der Waals surface area (Å²) in [6.07, 6.45) is 3.83. The van der Waals surface area contributed by atoms with E-state index in [4.69, 9.17) is 19.4 Å². The first kappa shape index (κ1) is 48.0. The molecule has 1 unspecified atom stereocenters. The SMILES string of the molecule is CCn1c(-c2cccnc2[C@H](C)OC)c2c3cc(ccc31)-c1csc(n1)C[C@H](NC(=O)C(C(C)C)N(C)C(=O)N(C)[C@H]1CCN(C(=O)[C@H]3CN3)C1)C(=O)N1CCC[C@H](N1)C(=O)OCC(C)(C)C2. The molecule has 4 aromatic rings. The number of methoxy groups -OCH3 is 1. The van der Waals surface area contributed by atoms with Gasteiger partial charge in [-0.05, 0) is 75.3 Å². The lowest BCUT2D eigenvalue weighted by molar-refractivity contribution is -0.155. The number of aromatic nitrogens is 3. The number of rotatable bonds is 10. The van der Waals surface area contributed by atoms with Crippen LogP contribution in [0.1, 0.15) is 83.2 Å². The molecule has 18 heteroatoms. The Morgan fingerprint density at radius 3 is 2.60 bits per heavy atom. The minimum absolute atomic E-state index is 0.0489. The minimum Gasteiger partial charge on any atom is -0.464 e. The lowest BCUT2D eigenvalue weighted by Gasteiger charge is -2.37. The van der Waals surface area contributed by atoms with Crippen LogP contribution < -0.4 is 16.1 Å². The Balaban J connectivity index is 1.13. The number of fused-ring (bicyclic) bond motifs is 6. The van der Waals surface area contributed by atoms with Gasteiger partial charge in [0.1, 0.15) is 18.1 Å². The summed E-state index contributed by atoms with van der Waals surface area (Å²) in [5.41, 5.74) is 9.28. The van der Waals surface area contributed by atoms with Crippen molar-refractivity contribution in [3.8, 4) is 22.5 Å². The normalized spacial score (nSPS) is 22.8. The van der Waals surface area contributed by atoms with Crippen molar-refractivity contribution in [3.05, 3.63) is 58.2 Å². The number of carbonyl (C=O) groups is 5. The number of nitrogens with one attached hydrogen (secondary N) is 3. The van der Waals surface area contributed by atoms with Crippen molar-refractivity contribution in [3.63, 3.8) is 0 Å². The number of hydrogen-bond donors (Lipinski definition) is 3. The van der Waals surface area contributed by atoms with Crippen LogP contribution in [0.2, 0.25) is 0 Å². The Labute approximate surface area is 396 Å². The number of esters is 1. The van der Waals surface area contributed by atoms with Crippen molar-refractivity contribution in [1.82, 2.24) is 50.3 Å². The average Bonchev–Trinajstić information content (AvgIpc) is 3.72. The molecule has 6 atom stereocenters. The molecule has 3 aromatic heterocycles. The quantitative estimate of drug-likeness (QED) is 0.146. The number of benzene rings is 1. The van der Waals surface area contributed by atoms with Gasteiger partial charge >= 0.3 is 12.0 Å². The zero-order chi connectivity index (χ0) is 47.9. The second-order valence-corrected chi connectivity index (χ2v) is 20.6. The lowest BCUT2D eigenvalue weighted by Crippen LogP contribution is -2.62. The van der Waals surface area contributed by atoms with E-state index in [1.807, 2.05) is 32.2 Å². The van der Waals surface area contributed by atoms with Crippen LogP contribution in [-0.4, -0.2) is 148 Å². The number of aryl methyl sites for hydroxylation is 1. The summed E-state index contributed by atoms with van der Waals surface area (Å²) >= 11 is 1.41. The molecule has 17 nitrogen and oxygen atoms in total.